The lowest BCUT2D eigenvalue weighted by Gasteiger charge is -2.33. The molecule has 0 spiro atoms. The number of urea groups is 1. The third kappa shape index (κ3) is 6.21. The van der Waals surface area contributed by atoms with E-state index in [9.17, 15) is 23.5 Å². The molecular weight excluding hydrogens is 290 g/mol. The van der Waals surface area contributed by atoms with Gasteiger partial charge in [0, 0.05) is 26.3 Å². The van der Waals surface area contributed by atoms with Gasteiger partial charge in [-0.15, -0.1) is 0 Å². The number of hydrogen-bond acceptors (Lipinski definition) is 4. The van der Waals surface area contributed by atoms with E-state index in [0.29, 0.717) is 26.1 Å². The minimum atomic E-state index is -2.54. The normalized spacial score (nSPS) is 17.5. The molecule has 1 heterocycles. The van der Waals surface area contributed by atoms with Crippen molar-refractivity contribution in [2.75, 3.05) is 39.5 Å². The first-order valence-corrected chi connectivity index (χ1v) is 6.65. The van der Waals surface area contributed by atoms with Crippen LogP contribution < -0.4 is 10.6 Å². The minimum absolute atomic E-state index is 0.00455. The van der Waals surface area contributed by atoms with Crippen molar-refractivity contribution in [1.29, 1.82) is 0 Å². The monoisotopic (exact) mass is 310 g/mol. The third-order valence-corrected chi connectivity index (χ3v) is 3.27. The van der Waals surface area contributed by atoms with Crippen molar-refractivity contribution < 1.29 is 33.0 Å². The summed E-state index contributed by atoms with van der Waals surface area (Å²) in [5.74, 6) is -0.966. The molecule has 0 aromatic carbocycles. The molecule has 1 saturated heterocycles. The Kier molecular flexibility index (Phi) is 7.30. The maximum absolute atomic E-state index is 11.8. The number of carbonyl (C=O) groups excluding carboxylic acids is 1. The first-order chi connectivity index (χ1) is 9.96. The van der Waals surface area contributed by atoms with Crippen molar-refractivity contribution in [3.63, 3.8) is 0 Å². The number of alkyl halides is 2. The number of hydrogen-bond donors (Lipinski definition) is 3. The number of carbonyl (C=O) groups is 2. The molecule has 0 aromatic heterocycles. The fourth-order valence-corrected chi connectivity index (χ4v) is 1.95. The first-order valence-electron chi connectivity index (χ1n) is 6.65. The van der Waals surface area contributed by atoms with Crippen LogP contribution in [0.2, 0.25) is 0 Å². The summed E-state index contributed by atoms with van der Waals surface area (Å²) in [5.41, 5.74) is -1.01. The van der Waals surface area contributed by atoms with E-state index in [2.05, 4.69) is 15.4 Å². The molecule has 1 fully saturated rings. The van der Waals surface area contributed by atoms with Gasteiger partial charge in [-0.25, -0.2) is 13.6 Å². The van der Waals surface area contributed by atoms with Crippen LogP contribution in [0.1, 0.15) is 12.8 Å². The molecule has 0 aromatic rings. The molecule has 1 rings (SSSR count). The molecule has 0 aliphatic carbocycles. The molecule has 21 heavy (non-hydrogen) atoms. The van der Waals surface area contributed by atoms with E-state index in [-0.39, 0.29) is 19.7 Å². The van der Waals surface area contributed by atoms with E-state index in [1.807, 2.05) is 0 Å². The highest BCUT2D eigenvalue weighted by Gasteiger charge is 2.40. The van der Waals surface area contributed by atoms with Crippen molar-refractivity contribution >= 4 is 12.0 Å². The van der Waals surface area contributed by atoms with Crippen LogP contribution in [0, 0.1) is 5.41 Å². The van der Waals surface area contributed by atoms with Crippen molar-refractivity contribution in [3.8, 4) is 0 Å². The van der Waals surface area contributed by atoms with Gasteiger partial charge in [-0.2, -0.15) is 0 Å². The van der Waals surface area contributed by atoms with Crippen molar-refractivity contribution in [3.05, 3.63) is 0 Å². The average Bonchev–Trinajstić information content (AvgIpc) is 2.45. The average molecular weight is 310 g/mol. The smallest absolute Gasteiger partial charge is 0.314 e. The molecule has 122 valence electrons. The number of amides is 2. The lowest BCUT2D eigenvalue weighted by molar-refractivity contribution is -0.154. The van der Waals surface area contributed by atoms with Gasteiger partial charge >= 0.3 is 12.0 Å². The molecule has 1 aliphatic rings. The zero-order valence-electron chi connectivity index (χ0n) is 11.6. The van der Waals surface area contributed by atoms with Crippen molar-refractivity contribution in [2.45, 2.75) is 19.3 Å². The molecule has 7 nitrogen and oxygen atoms in total. The summed E-state index contributed by atoms with van der Waals surface area (Å²) in [6.07, 6.45) is -1.87. The first kappa shape index (κ1) is 17.6. The minimum Gasteiger partial charge on any atom is -0.481 e. The van der Waals surface area contributed by atoms with Crippen molar-refractivity contribution in [1.82, 2.24) is 10.6 Å². The Bertz CT molecular complexity index is 349. The van der Waals surface area contributed by atoms with Gasteiger partial charge in [-0.1, -0.05) is 0 Å². The summed E-state index contributed by atoms with van der Waals surface area (Å²) in [6, 6.07) is -0.553. The molecule has 0 radical (unpaired) electrons. The van der Waals surface area contributed by atoms with Crippen LogP contribution in [0.25, 0.3) is 0 Å². The fourth-order valence-electron chi connectivity index (χ4n) is 1.95. The summed E-state index contributed by atoms with van der Waals surface area (Å²) in [5, 5.41) is 14.2. The standard InChI is InChI=1S/C12H20F2N2O5/c13-9(14)7-21-6-3-15-11(19)16-8-12(10(17)18)1-4-20-5-2-12/h9H,1-8H2,(H,17,18)(H2,15,16,19). The highest BCUT2D eigenvalue weighted by atomic mass is 19.3. The maximum atomic E-state index is 11.8. The molecule has 2 amide bonds. The summed E-state index contributed by atoms with van der Waals surface area (Å²) >= 11 is 0. The van der Waals surface area contributed by atoms with Gasteiger partial charge in [0.2, 0.25) is 0 Å². The molecule has 0 unspecified atom stereocenters. The summed E-state index contributed by atoms with van der Waals surface area (Å²) < 4.78 is 33.3. The molecule has 0 atom stereocenters. The van der Waals surface area contributed by atoms with Crippen LogP contribution in [0.4, 0.5) is 13.6 Å². The number of aliphatic carboxylic acids is 1. The van der Waals surface area contributed by atoms with E-state index in [4.69, 9.17) is 4.74 Å². The third-order valence-electron chi connectivity index (χ3n) is 3.27. The SMILES string of the molecule is O=C(NCCOCC(F)F)NCC1(C(=O)O)CCOCC1. The number of halogens is 2. The quantitative estimate of drug-likeness (QED) is 0.566. The van der Waals surface area contributed by atoms with Gasteiger partial charge < -0.3 is 25.2 Å². The Balaban J connectivity index is 2.23. The predicted molar refractivity (Wildman–Crippen MR) is 68.3 cm³/mol. The van der Waals surface area contributed by atoms with Gasteiger partial charge in [-0.3, -0.25) is 4.79 Å². The zero-order valence-corrected chi connectivity index (χ0v) is 11.6. The van der Waals surface area contributed by atoms with Crippen LogP contribution in [0.5, 0.6) is 0 Å². The molecule has 3 N–H and O–H groups in total. The largest absolute Gasteiger partial charge is 0.481 e. The van der Waals surface area contributed by atoms with Gasteiger partial charge in [0.15, 0.2) is 0 Å². The van der Waals surface area contributed by atoms with E-state index < -0.39 is 30.4 Å². The Labute approximate surface area is 121 Å². The summed E-state index contributed by atoms with van der Waals surface area (Å²) in [7, 11) is 0. The van der Waals surface area contributed by atoms with Crippen LogP contribution in [-0.2, 0) is 14.3 Å². The van der Waals surface area contributed by atoms with E-state index in [0.717, 1.165) is 0 Å². The van der Waals surface area contributed by atoms with E-state index in [1.165, 1.54) is 0 Å². The molecule has 9 heteroatoms. The number of carboxylic acid groups (broad SMARTS) is 1. The van der Waals surface area contributed by atoms with E-state index >= 15 is 0 Å². The Morgan fingerprint density at radius 2 is 1.95 bits per heavy atom. The predicted octanol–water partition coefficient (Wildman–Crippen LogP) is 0.449. The lowest BCUT2D eigenvalue weighted by atomic mass is 9.80. The molecule has 1 aliphatic heterocycles. The van der Waals surface area contributed by atoms with Crippen molar-refractivity contribution in [2.24, 2.45) is 5.41 Å². The Hall–Kier alpha value is -1.48. The van der Waals surface area contributed by atoms with Crippen LogP contribution >= 0.6 is 0 Å². The topological polar surface area (TPSA) is 96.9 Å². The highest BCUT2D eigenvalue weighted by molar-refractivity contribution is 5.78. The number of ether oxygens (including phenoxy) is 2. The molecular formula is C12H20F2N2O5. The summed E-state index contributed by atoms with van der Waals surface area (Å²) in [6.45, 7) is 0.0480. The van der Waals surface area contributed by atoms with Gasteiger partial charge in [0.05, 0.1) is 12.0 Å². The van der Waals surface area contributed by atoms with Gasteiger partial charge in [0.25, 0.3) is 6.43 Å². The second-order valence-electron chi connectivity index (χ2n) is 4.77. The second-order valence-corrected chi connectivity index (χ2v) is 4.77. The van der Waals surface area contributed by atoms with E-state index in [1.54, 1.807) is 0 Å². The summed E-state index contributed by atoms with van der Waals surface area (Å²) in [4.78, 5) is 22.8. The molecule has 0 bridgehead atoms. The zero-order chi connectivity index (χ0) is 15.7. The maximum Gasteiger partial charge on any atom is 0.314 e. The number of rotatable bonds is 8. The Morgan fingerprint density at radius 1 is 1.29 bits per heavy atom. The van der Waals surface area contributed by atoms with Crippen LogP contribution in [0.3, 0.4) is 0 Å². The van der Waals surface area contributed by atoms with Crippen LogP contribution in [-0.4, -0.2) is 63.0 Å². The Morgan fingerprint density at radius 3 is 2.52 bits per heavy atom. The lowest BCUT2D eigenvalue weighted by Crippen LogP contribution is -2.49. The van der Waals surface area contributed by atoms with Crippen LogP contribution in [0.15, 0.2) is 0 Å². The second kappa shape index (κ2) is 8.73. The van der Waals surface area contributed by atoms with Gasteiger partial charge in [0.1, 0.15) is 6.61 Å². The highest BCUT2D eigenvalue weighted by Crippen LogP contribution is 2.29. The number of nitrogens with one attached hydrogen (secondary N) is 2. The fraction of sp³-hybridized carbons (Fsp3) is 0.833. The van der Waals surface area contributed by atoms with Gasteiger partial charge in [-0.05, 0) is 12.8 Å². The molecule has 0 saturated carbocycles. The number of carboxylic acids is 1.